The Bertz CT molecular complexity index is 1320. The first kappa shape index (κ1) is 28.1. The summed E-state index contributed by atoms with van der Waals surface area (Å²) in [7, 11) is 0. The fourth-order valence-corrected chi connectivity index (χ4v) is 4.46. The van der Waals surface area contributed by atoms with Crippen molar-refractivity contribution in [3.8, 4) is 17.2 Å². The predicted octanol–water partition coefficient (Wildman–Crippen LogP) is 4.04. The van der Waals surface area contributed by atoms with E-state index in [-0.39, 0.29) is 42.3 Å². The van der Waals surface area contributed by atoms with Crippen LogP contribution in [0.2, 0.25) is 0 Å². The second kappa shape index (κ2) is 11.4. The second-order valence-corrected chi connectivity index (χ2v) is 9.21. The van der Waals surface area contributed by atoms with Gasteiger partial charge in [-0.3, -0.25) is 14.5 Å². The van der Waals surface area contributed by atoms with Crippen LogP contribution in [-0.4, -0.2) is 73.2 Å². The number of carboxylic acid groups (broad SMARTS) is 1. The molecule has 1 atom stereocenters. The summed E-state index contributed by atoms with van der Waals surface area (Å²) in [6.07, 6.45) is -2.32. The molecule has 1 fully saturated rings. The molecule has 0 radical (unpaired) electrons. The number of amides is 1. The summed E-state index contributed by atoms with van der Waals surface area (Å²) in [5.41, 5.74) is -1.63. The number of alkyl halides is 5. The van der Waals surface area contributed by atoms with Crippen LogP contribution >= 0.6 is 0 Å². The van der Waals surface area contributed by atoms with Crippen molar-refractivity contribution in [2.45, 2.75) is 43.8 Å². The summed E-state index contributed by atoms with van der Waals surface area (Å²) < 4.78 is 69.8. The van der Waals surface area contributed by atoms with Gasteiger partial charge < -0.3 is 10.4 Å². The number of piperidine rings is 1. The molecular formula is C25H25F5N6O3. The standard InChI is InChI=1S/C25H25F5N6O3/c26-24(27)8-3-11-35(15-24)12-7-16(13-21(37)38)33-22(39)19-14-20(36(34-19)23-31-9-4-10-32-23)17-5-1-2-6-18(17)25(28,29)30/h1-2,4-6,9-10,14,16H,3,7-8,11-13,15H2,(H,33,39)(H,37,38)/t16-/m0/s1. The minimum Gasteiger partial charge on any atom is -0.481 e. The Labute approximate surface area is 219 Å². The molecule has 3 aromatic rings. The maximum absolute atomic E-state index is 13.8. The molecule has 1 aliphatic rings. The van der Waals surface area contributed by atoms with Gasteiger partial charge in [-0.2, -0.15) is 23.0 Å². The zero-order chi connectivity index (χ0) is 28.2. The van der Waals surface area contributed by atoms with Gasteiger partial charge in [0.1, 0.15) is 0 Å². The number of aliphatic carboxylic acids is 1. The Hall–Kier alpha value is -3.94. The normalized spacial score (nSPS) is 16.5. The summed E-state index contributed by atoms with van der Waals surface area (Å²) in [5.74, 6) is -4.98. The van der Waals surface area contributed by atoms with Crippen LogP contribution in [0.1, 0.15) is 41.7 Å². The van der Waals surface area contributed by atoms with Crippen molar-refractivity contribution >= 4 is 11.9 Å². The summed E-state index contributed by atoms with van der Waals surface area (Å²) in [4.78, 5) is 34.1. The van der Waals surface area contributed by atoms with Crippen LogP contribution in [-0.2, 0) is 11.0 Å². The average molecular weight is 553 g/mol. The van der Waals surface area contributed by atoms with Gasteiger partial charge in [0.25, 0.3) is 17.8 Å². The molecule has 0 aliphatic carbocycles. The Morgan fingerprint density at radius 3 is 2.51 bits per heavy atom. The first-order valence-electron chi connectivity index (χ1n) is 12.1. The van der Waals surface area contributed by atoms with E-state index in [9.17, 15) is 36.6 Å². The Morgan fingerprint density at radius 2 is 1.85 bits per heavy atom. The number of aromatic nitrogens is 4. The number of nitrogens with zero attached hydrogens (tertiary/aromatic N) is 5. The highest BCUT2D eigenvalue weighted by Crippen LogP contribution is 2.37. The number of hydrogen-bond donors (Lipinski definition) is 2. The quantitative estimate of drug-likeness (QED) is 0.385. The third-order valence-corrected chi connectivity index (χ3v) is 6.21. The molecule has 3 heterocycles. The summed E-state index contributed by atoms with van der Waals surface area (Å²) in [5, 5.41) is 16.0. The van der Waals surface area contributed by atoms with Crippen molar-refractivity contribution in [1.29, 1.82) is 0 Å². The molecule has 14 heteroatoms. The molecular weight excluding hydrogens is 527 g/mol. The SMILES string of the molecule is O=C(O)C[C@H](CCN1CCCC(F)(F)C1)NC(=O)c1cc(-c2ccccc2C(F)(F)F)n(-c2ncccn2)n1. The van der Waals surface area contributed by atoms with Gasteiger partial charge in [0.2, 0.25) is 0 Å². The van der Waals surface area contributed by atoms with E-state index >= 15 is 0 Å². The number of hydrogen-bond acceptors (Lipinski definition) is 6. The fraction of sp³-hybridized carbons (Fsp3) is 0.400. The van der Waals surface area contributed by atoms with Crippen LogP contribution < -0.4 is 5.32 Å². The molecule has 39 heavy (non-hydrogen) atoms. The van der Waals surface area contributed by atoms with Crippen LogP contribution in [0.3, 0.4) is 0 Å². The van der Waals surface area contributed by atoms with Gasteiger partial charge in [-0.25, -0.2) is 18.7 Å². The molecule has 9 nitrogen and oxygen atoms in total. The zero-order valence-corrected chi connectivity index (χ0v) is 20.5. The maximum Gasteiger partial charge on any atom is 0.417 e. The van der Waals surface area contributed by atoms with E-state index in [2.05, 4.69) is 20.4 Å². The van der Waals surface area contributed by atoms with Gasteiger partial charge >= 0.3 is 12.1 Å². The van der Waals surface area contributed by atoms with E-state index in [4.69, 9.17) is 0 Å². The Morgan fingerprint density at radius 1 is 1.13 bits per heavy atom. The van der Waals surface area contributed by atoms with Gasteiger partial charge in [0.05, 0.1) is 24.2 Å². The van der Waals surface area contributed by atoms with Gasteiger partial charge in [0.15, 0.2) is 5.69 Å². The van der Waals surface area contributed by atoms with E-state index in [0.717, 1.165) is 16.8 Å². The molecule has 1 aliphatic heterocycles. The number of rotatable bonds is 9. The Kier molecular flexibility index (Phi) is 8.23. The lowest BCUT2D eigenvalue weighted by molar-refractivity contribution is -0.138. The number of carbonyl (C=O) groups is 2. The minimum absolute atomic E-state index is 0.0698. The van der Waals surface area contributed by atoms with Gasteiger partial charge in [-0.15, -0.1) is 0 Å². The predicted molar refractivity (Wildman–Crippen MR) is 128 cm³/mol. The van der Waals surface area contributed by atoms with Crippen molar-refractivity contribution in [3.05, 3.63) is 60.0 Å². The second-order valence-electron chi connectivity index (χ2n) is 9.21. The number of carboxylic acids is 1. The van der Waals surface area contributed by atoms with E-state index in [1.165, 1.54) is 41.6 Å². The number of benzene rings is 1. The third-order valence-electron chi connectivity index (χ3n) is 6.21. The molecule has 1 saturated heterocycles. The van der Waals surface area contributed by atoms with Crippen molar-refractivity contribution in [3.63, 3.8) is 0 Å². The van der Waals surface area contributed by atoms with Crippen molar-refractivity contribution in [2.75, 3.05) is 19.6 Å². The molecule has 2 aromatic heterocycles. The molecule has 4 rings (SSSR count). The van der Waals surface area contributed by atoms with Crippen molar-refractivity contribution in [1.82, 2.24) is 30.0 Å². The van der Waals surface area contributed by atoms with Crippen molar-refractivity contribution < 1.29 is 36.6 Å². The van der Waals surface area contributed by atoms with Gasteiger partial charge in [-0.1, -0.05) is 18.2 Å². The molecule has 0 saturated carbocycles. The maximum atomic E-state index is 13.8. The zero-order valence-electron chi connectivity index (χ0n) is 20.5. The largest absolute Gasteiger partial charge is 0.481 e. The number of carbonyl (C=O) groups excluding carboxylic acids is 1. The third kappa shape index (κ3) is 7.13. The van der Waals surface area contributed by atoms with Crippen LogP contribution in [0, 0.1) is 0 Å². The minimum atomic E-state index is -4.70. The van der Waals surface area contributed by atoms with Gasteiger partial charge in [0, 0.05) is 37.0 Å². The van der Waals surface area contributed by atoms with Gasteiger partial charge in [-0.05, 0) is 37.6 Å². The van der Waals surface area contributed by atoms with Crippen LogP contribution in [0.15, 0.2) is 48.8 Å². The Balaban J connectivity index is 1.62. The monoisotopic (exact) mass is 552 g/mol. The highest BCUT2D eigenvalue weighted by atomic mass is 19.4. The number of nitrogens with one attached hydrogen (secondary N) is 1. The lowest BCUT2D eigenvalue weighted by Crippen LogP contribution is -2.45. The molecule has 1 amide bonds. The van der Waals surface area contributed by atoms with E-state index in [0.29, 0.717) is 13.0 Å². The summed E-state index contributed by atoms with van der Waals surface area (Å²) in [6.45, 7) is 0.0985. The first-order valence-corrected chi connectivity index (χ1v) is 12.1. The number of halogens is 5. The smallest absolute Gasteiger partial charge is 0.417 e. The van der Waals surface area contributed by atoms with Crippen LogP contribution in [0.25, 0.3) is 17.2 Å². The lowest BCUT2D eigenvalue weighted by Gasteiger charge is -2.33. The molecule has 2 N–H and O–H groups in total. The lowest BCUT2D eigenvalue weighted by atomic mass is 10.0. The topological polar surface area (TPSA) is 113 Å². The highest BCUT2D eigenvalue weighted by molar-refractivity contribution is 5.94. The molecule has 208 valence electrons. The average Bonchev–Trinajstić information content (AvgIpc) is 3.32. The van der Waals surface area contributed by atoms with Crippen LogP contribution in [0.4, 0.5) is 22.0 Å². The molecule has 0 bridgehead atoms. The first-order chi connectivity index (χ1) is 18.4. The highest BCUT2D eigenvalue weighted by Gasteiger charge is 2.36. The molecule has 0 unspecified atom stereocenters. The molecule has 0 spiro atoms. The summed E-state index contributed by atoms with van der Waals surface area (Å²) in [6, 6.07) is 6.45. The van der Waals surface area contributed by atoms with Crippen molar-refractivity contribution in [2.24, 2.45) is 0 Å². The van der Waals surface area contributed by atoms with E-state index in [1.54, 1.807) is 0 Å². The van der Waals surface area contributed by atoms with E-state index < -0.39 is 48.5 Å². The number of likely N-dealkylation sites (tertiary alicyclic amines) is 1. The van der Waals surface area contributed by atoms with E-state index in [1.807, 2.05) is 0 Å². The summed E-state index contributed by atoms with van der Waals surface area (Å²) >= 11 is 0. The van der Waals surface area contributed by atoms with Crippen LogP contribution in [0.5, 0.6) is 0 Å². The fourth-order valence-electron chi connectivity index (χ4n) is 4.46. The molecule has 1 aromatic carbocycles.